The van der Waals surface area contributed by atoms with Crippen molar-refractivity contribution in [3.63, 3.8) is 0 Å². The molecule has 1 aromatic carbocycles. The third-order valence-corrected chi connectivity index (χ3v) is 6.19. The maximum atomic E-state index is 6.45. The molecule has 0 saturated carbocycles. The highest BCUT2D eigenvalue weighted by Crippen LogP contribution is 2.31. The van der Waals surface area contributed by atoms with Gasteiger partial charge in [0.05, 0.1) is 37.7 Å². The number of H-pyrrole nitrogens is 2. The van der Waals surface area contributed by atoms with Gasteiger partial charge >= 0.3 is 5.95 Å². The lowest BCUT2D eigenvalue weighted by Gasteiger charge is -2.51. The van der Waals surface area contributed by atoms with Crippen LogP contribution in [0.25, 0.3) is 0 Å². The maximum absolute atomic E-state index is 6.45. The number of piperazine rings is 3. The van der Waals surface area contributed by atoms with Gasteiger partial charge in [0.25, 0.3) is 0 Å². The third kappa shape index (κ3) is 4.12. The predicted molar refractivity (Wildman–Crippen MR) is 105 cm³/mol. The number of likely N-dealkylation sites (N-methyl/N-ethyl adjacent to an activating group) is 1. The SMILES string of the molecule is CCN(CC[N+]12CCN(CC1)CC2)c1ccc(N=Nc2[nH]nc[nH+]2)c(Cl)c1. The molecule has 2 aromatic rings. The highest BCUT2D eigenvalue weighted by atomic mass is 35.5. The van der Waals surface area contributed by atoms with Crippen LogP contribution in [0.1, 0.15) is 6.92 Å². The fourth-order valence-electron chi connectivity index (χ4n) is 4.02. The first kappa shape index (κ1) is 18.3. The maximum Gasteiger partial charge on any atom is 0.398 e. The van der Waals surface area contributed by atoms with Gasteiger partial charge in [0.15, 0.2) is 0 Å². The summed E-state index contributed by atoms with van der Waals surface area (Å²) in [6, 6.07) is 5.99. The first-order valence-corrected chi connectivity index (χ1v) is 10.00. The van der Waals surface area contributed by atoms with Crippen molar-refractivity contribution in [1.29, 1.82) is 0 Å². The molecule has 2 bridgehead atoms. The molecule has 0 unspecified atom stereocenters. The number of aromatic amines is 2. The average Bonchev–Trinajstić information content (AvgIpc) is 3.23. The van der Waals surface area contributed by atoms with E-state index in [1.54, 1.807) is 0 Å². The Labute approximate surface area is 164 Å². The first-order valence-electron chi connectivity index (χ1n) is 9.62. The first-order chi connectivity index (χ1) is 13.2. The molecule has 0 amide bonds. The molecule has 0 atom stereocenters. The van der Waals surface area contributed by atoms with Crippen molar-refractivity contribution in [2.45, 2.75) is 6.92 Å². The number of nitrogens with one attached hydrogen (secondary N) is 2. The lowest BCUT2D eigenvalue weighted by atomic mass is 10.1. The van der Waals surface area contributed by atoms with Crippen molar-refractivity contribution in [3.05, 3.63) is 29.5 Å². The zero-order chi connectivity index (χ0) is 18.7. The number of nitrogens with zero attached hydrogens (tertiary/aromatic N) is 6. The number of azo groups is 1. The second kappa shape index (κ2) is 7.92. The third-order valence-electron chi connectivity index (χ3n) is 5.89. The van der Waals surface area contributed by atoms with Crippen LogP contribution in [0.4, 0.5) is 17.3 Å². The summed E-state index contributed by atoms with van der Waals surface area (Å²) in [6.45, 7) is 13.1. The smallest absolute Gasteiger partial charge is 0.366 e. The molecule has 5 rings (SSSR count). The van der Waals surface area contributed by atoms with Crippen molar-refractivity contribution in [2.24, 2.45) is 10.2 Å². The summed E-state index contributed by atoms with van der Waals surface area (Å²) in [6.07, 6.45) is 1.52. The van der Waals surface area contributed by atoms with Gasteiger partial charge in [-0.3, -0.25) is 4.90 Å². The Kier molecular flexibility index (Phi) is 5.38. The number of fused-ring (bicyclic) bond motifs is 3. The summed E-state index contributed by atoms with van der Waals surface area (Å²) >= 11 is 6.45. The Morgan fingerprint density at radius 2 is 2.04 bits per heavy atom. The number of anilines is 1. The standard InChI is InChI=1S/C18H26ClN8/c1-2-26(8-12-27-9-5-25(6-10-27)7-11-27)15-3-4-17(16(19)13-15)22-24-18-20-14-21-23-18/h3-4,13-14H,2,5-12H2,1H3,(H,20,21,23)/q+1/p+1. The van der Waals surface area contributed by atoms with Gasteiger partial charge in [-0.2, -0.15) is 0 Å². The molecule has 9 heteroatoms. The molecule has 0 spiro atoms. The molecule has 8 nitrogen and oxygen atoms in total. The molecule has 0 aliphatic carbocycles. The van der Waals surface area contributed by atoms with E-state index in [1.807, 2.05) is 12.1 Å². The van der Waals surface area contributed by atoms with Crippen LogP contribution >= 0.6 is 11.6 Å². The Bertz CT molecular complexity index is 769. The molecule has 4 heterocycles. The highest BCUT2D eigenvalue weighted by Gasteiger charge is 2.38. The second-order valence-electron chi connectivity index (χ2n) is 7.36. The quantitative estimate of drug-likeness (QED) is 0.582. The van der Waals surface area contributed by atoms with E-state index >= 15 is 0 Å². The van der Waals surface area contributed by atoms with Crippen molar-refractivity contribution >= 4 is 28.9 Å². The van der Waals surface area contributed by atoms with E-state index in [-0.39, 0.29) is 0 Å². The van der Waals surface area contributed by atoms with Crippen LogP contribution in [0, 0.1) is 0 Å². The second-order valence-corrected chi connectivity index (χ2v) is 7.76. The fourth-order valence-corrected chi connectivity index (χ4v) is 4.23. The largest absolute Gasteiger partial charge is 0.398 e. The highest BCUT2D eigenvalue weighted by molar-refractivity contribution is 6.33. The van der Waals surface area contributed by atoms with Gasteiger partial charge in [0, 0.05) is 37.0 Å². The summed E-state index contributed by atoms with van der Waals surface area (Å²) in [7, 11) is 0. The van der Waals surface area contributed by atoms with Gasteiger partial charge in [-0.25, -0.2) is 4.98 Å². The van der Waals surface area contributed by atoms with Crippen molar-refractivity contribution in [3.8, 4) is 0 Å². The summed E-state index contributed by atoms with van der Waals surface area (Å²) in [5.74, 6) is 0.487. The lowest BCUT2D eigenvalue weighted by Crippen LogP contribution is -2.68. The van der Waals surface area contributed by atoms with Crippen LogP contribution in [0.5, 0.6) is 0 Å². The van der Waals surface area contributed by atoms with Crippen molar-refractivity contribution in [2.75, 3.05) is 63.8 Å². The van der Waals surface area contributed by atoms with Crippen LogP contribution in [-0.4, -0.2) is 78.5 Å². The molecular weight excluding hydrogens is 364 g/mol. The van der Waals surface area contributed by atoms with Gasteiger partial charge in [-0.1, -0.05) is 16.7 Å². The number of hydrogen-bond donors (Lipinski definition) is 1. The number of benzene rings is 1. The minimum absolute atomic E-state index is 0.487. The van der Waals surface area contributed by atoms with Crippen LogP contribution in [0.3, 0.4) is 0 Å². The van der Waals surface area contributed by atoms with E-state index in [0.29, 0.717) is 16.7 Å². The van der Waals surface area contributed by atoms with Crippen LogP contribution in [0.15, 0.2) is 34.8 Å². The van der Waals surface area contributed by atoms with Gasteiger partial charge in [0.2, 0.25) is 6.33 Å². The molecule has 27 heavy (non-hydrogen) atoms. The molecule has 2 N–H and O–H groups in total. The van der Waals surface area contributed by atoms with Gasteiger partial charge < -0.3 is 9.38 Å². The molecule has 3 fully saturated rings. The van der Waals surface area contributed by atoms with E-state index in [1.165, 1.54) is 56.6 Å². The molecule has 1 aromatic heterocycles. The summed E-state index contributed by atoms with van der Waals surface area (Å²) in [4.78, 5) is 7.84. The zero-order valence-corrected chi connectivity index (χ0v) is 16.5. The number of aromatic nitrogens is 3. The number of quaternary nitrogens is 1. The van der Waals surface area contributed by atoms with Crippen LogP contribution in [0.2, 0.25) is 5.02 Å². The van der Waals surface area contributed by atoms with Crippen LogP contribution in [-0.2, 0) is 0 Å². The monoisotopic (exact) mass is 390 g/mol. The van der Waals surface area contributed by atoms with Gasteiger partial charge in [-0.05, 0) is 30.2 Å². The van der Waals surface area contributed by atoms with E-state index in [0.717, 1.165) is 18.8 Å². The summed E-state index contributed by atoms with van der Waals surface area (Å²) < 4.78 is 1.27. The van der Waals surface area contributed by atoms with Crippen molar-refractivity contribution < 1.29 is 9.47 Å². The fraction of sp³-hybridized carbons (Fsp3) is 0.556. The topological polar surface area (TPSA) is 74.0 Å². The van der Waals surface area contributed by atoms with Crippen LogP contribution < -0.4 is 9.88 Å². The Morgan fingerprint density at radius 1 is 1.26 bits per heavy atom. The Balaban J connectivity index is 1.42. The van der Waals surface area contributed by atoms with E-state index in [4.69, 9.17) is 11.6 Å². The van der Waals surface area contributed by atoms with Gasteiger partial charge in [-0.15, -0.1) is 5.10 Å². The molecule has 144 valence electrons. The lowest BCUT2D eigenvalue weighted by molar-refractivity contribution is -0.939. The molecule has 3 aliphatic rings. The normalized spacial score (nSPS) is 24.6. The summed E-state index contributed by atoms with van der Waals surface area (Å²) in [5, 5.41) is 15.4. The molecular formula is C18H27ClN8+2. The van der Waals surface area contributed by atoms with E-state index in [9.17, 15) is 0 Å². The van der Waals surface area contributed by atoms with Crippen molar-refractivity contribution in [1.82, 2.24) is 15.1 Å². The van der Waals surface area contributed by atoms with E-state index in [2.05, 4.69) is 48.2 Å². The van der Waals surface area contributed by atoms with Gasteiger partial charge in [0.1, 0.15) is 5.69 Å². The molecule has 0 radical (unpaired) electrons. The summed E-state index contributed by atoms with van der Waals surface area (Å²) in [5.41, 5.74) is 1.79. The Morgan fingerprint density at radius 3 is 2.67 bits per heavy atom. The minimum Gasteiger partial charge on any atom is -0.366 e. The predicted octanol–water partition coefficient (Wildman–Crippen LogP) is 2.26. The molecule has 3 aliphatic heterocycles. The average molecular weight is 391 g/mol. The molecule has 3 saturated heterocycles. The number of halogens is 1. The number of hydrogen-bond acceptors (Lipinski definition) is 5. The number of rotatable bonds is 7. The van der Waals surface area contributed by atoms with E-state index < -0.39 is 0 Å². The Hall–Kier alpha value is -2.03. The zero-order valence-electron chi connectivity index (χ0n) is 15.7. The minimum atomic E-state index is 0.487.